The van der Waals surface area contributed by atoms with Crippen LogP contribution in [-0.4, -0.2) is 39.5 Å². The molecule has 0 saturated carbocycles. The van der Waals surface area contributed by atoms with Gasteiger partial charge in [-0.3, -0.25) is 15.0 Å². The summed E-state index contributed by atoms with van der Waals surface area (Å²) >= 11 is 1.84. The van der Waals surface area contributed by atoms with Crippen LogP contribution in [0.5, 0.6) is 0 Å². The van der Waals surface area contributed by atoms with Gasteiger partial charge in [-0.2, -0.15) is 0 Å². The Morgan fingerprint density at radius 1 is 1.22 bits per heavy atom. The molecule has 3 rings (SSSR count). The van der Waals surface area contributed by atoms with E-state index in [0.29, 0.717) is 18.3 Å². The number of amidine groups is 1. The summed E-state index contributed by atoms with van der Waals surface area (Å²) in [6.45, 7) is 7.64. The summed E-state index contributed by atoms with van der Waals surface area (Å²) in [7, 11) is 0. The molecule has 0 amide bonds. The molecule has 2 unspecified atom stereocenters. The lowest BCUT2D eigenvalue weighted by molar-refractivity contribution is 0.249. The van der Waals surface area contributed by atoms with Gasteiger partial charge in [0.05, 0.1) is 18.7 Å². The Bertz CT molecular complexity index is 787. The van der Waals surface area contributed by atoms with Gasteiger partial charge < -0.3 is 10.6 Å². The van der Waals surface area contributed by atoms with Crippen LogP contribution in [0.4, 0.5) is 0 Å². The lowest BCUT2D eigenvalue weighted by Gasteiger charge is -2.39. The summed E-state index contributed by atoms with van der Waals surface area (Å²) < 4.78 is 0. The molecule has 0 bridgehead atoms. The van der Waals surface area contributed by atoms with Crippen LogP contribution in [0, 0.1) is 5.92 Å². The molecule has 2 aromatic rings. The monoisotopic (exact) mass is 381 g/mol. The molecule has 6 heteroatoms. The third kappa shape index (κ3) is 4.50. The molecule has 1 aliphatic rings. The van der Waals surface area contributed by atoms with Gasteiger partial charge in [0.2, 0.25) is 0 Å². The predicted molar refractivity (Wildman–Crippen MR) is 114 cm³/mol. The van der Waals surface area contributed by atoms with Crippen LogP contribution in [-0.2, 0) is 6.54 Å². The van der Waals surface area contributed by atoms with Gasteiger partial charge in [-0.05, 0) is 42.7 Å². The maximum atomic E-state index is 5.86. The van der Waals surface area contributed by atoms with Gasteiger partial charge in [0.25, 0.3) is 0 Å². The lowest BCUT2D eigenvalue weighted by atomic mass is 9.87. The Labute approximate surface area is 165 Å². The zero-order valence-corrected chi connectivity index (χ0v) is 16.9. The van der Waals surface area contributed by atoms with Gasteiger partial charge >= 0.3 is 0 Å². The highest BCUT2D eigenvalue weighted by atomic mass is 32.2. The molecule has 0 spiro atoms. The second-order valence-corrected chi connectivity index (χ2v) is 8.31. The van der Waals surface area contributed by atoms with Crippen LogP contribution < -0.4 is 5.73 Å². The molecule has 2 atom stereocenters. The highest BCUT2D eigenvalue weighted by Gasteiger charge is 2.48. The van der Waals surface area contributed by atoms with Crippen molar-refractivity contribution >= 4 is 23.9 Å². The number of rotatable bonds is 7. The average molecular weight is 382 g/mol. The molecule has 142 valence electrons. The van der Waals surface area contributed by atoms with E-state index in [-0.39, 0.29) is 10.9 Å². The van der Waals surface area contributed by atoms with E-state index >= 15 is 0 Å². The van der Waals surface area contributed by atoms with Gasteiger partial charge in [0.1, 0.15) is 10.9 Å². The Morgan fingerprint density at radius 2 is 1.93 bits per heavy atom. The maximum absolute atomic E-state index is 5.86. The lowest BCUT2D eigenvalue weighted by Crippen LogP contribution is -2.49. The van der Waals surface area contributed by atoms with Gasteiger partial charge in [-0.1, -0.05) is 43.8 Å². The summed E-state index contributed by atoms with van der Waals surface area (Å²) in [6, 6.07) is 14.6. The number of hydrogen-bond acceptors (Lipinski definition) is 5. The van der Waals surface area contributed by atoms with E-state index in [2.05, 4.69) is 65.1 Å². The largest absolute Gasteiger partial charge is 0.388 e. The van der Waals surface area contributed by atoms with Crippen LogP contribution in [0.15, 0.2) is 69.7 Å². The highest BCUT2D eigenvalue weighted by Crippen LogP contribution is 2.43. The number of pyridine rings is 1. The minimum Gasteiger partial charge on any atom is -0.388 e. The fraction of sp³-hybridized carbons (Fsp3) is 0.381. The van der Waals surface area contributed by atoms with E-state index in [1.54, 1.807) is 0 Å². The molecule has 5 nitrogen and oxygen atoms in total. The van der Waals surface area contributed by atoms with Crippen molar-refractivity contribution in [2.24, 2.45) is 21.6 Å². The summed E-state index contributed by atoms with van der Waals surface area (Å²) in [5, 5.41) is 0.135. The van der Waals surface area contributed by atoms with Crippen LogP contribution in [0.2, 0.25) is 0 Å². The van der Waals surface area contributed by atoms with Crippen LogP contribution in [0.3, 0.4) is 0 Å². The SMILES string of the molecule is CC(N)=NCC1(C(C)C)N=CN(Cc2ccncc2)C1Sc1ccccc1. The molecule has 1 aromatic carbocycles. The molecular weight excluding hydrogens is 354 g/mol. The fourth-order valence-corrected chi connectivity index (χ4v) is 4.65. The number of aliphatic imine (C=N–C) groups is 2. The molecule has 2 heterocycles. The Morgan fingerprint density at radius 3 is 2.56 bits per heavy atom. The number of benzene rings is 1. The summed E-state index contributed by atoms with van der Waals surface area (Å²) in [5.41, 5.74) is 6.75. The first-order valence-corrected chi connectivity index (χ1v) is 10.1. The second kappa shape index (κ2) is 8.57. The quantitative estimate of drug-likeness (QED) is 0.585. The number of hydrogen-bond donors (Lipinski definition) is 1. The standard InChI is InChI=1S/C21H27N5S/c1-16(2)21(14-24-17(3)22)20(27-19-7-5-4-6-8-19)26(15-25-21)13-18-9-11-23-12-10-18/h4-12,15-16,20H,13-14H2,1-3H3,(H2,22,24). The second-order valence-electron chi connectivity index (χ2n) is 7.16. The molecule has 27 heavy (non-hydrogen) atoms. The van der Waals surface area contributed by atoms with Crippen molar-refractivity contribution in [1.29, 1.82) is 0 Å². The predicted octanol–water partition coefficient (Wildman–Crippen LogP) is 3.82. The molecule has 1 aromatic heterocycles. The van der Waals surface area contributed by atoms with Crippen molar-refractivity contribution in [2.75, 3.05) is 6.54 Å². The normalized spacial score (nSPS) is 22.6. The van der Waals surface area contributed by atoms with Crippen molar-refractivity contribution in [2.45, 2.75) is 43.1 Å². The highest BCUT2D eigenvalue weighted by molar-refractivity contribution is 8.00. The first-order chi connectivity index (χ1) is 13.0. The number of nitrogens with zero attached hydrogens (tertiary/aromatic N) is 4. The zero-order chi connectivity index (χ0) is 19.3. The van der Waals surface area contributed by atoms with Crippen LogP contribution >= 0.6 is 11.8 Å². The molecule has 2 N–H and O–H groups in total. The summed E-state index contributed by atoms with van der Waals surface area (Å²) in [5.74, 6) is 0.918. The number of thioether (sulfide) groups is 1. The fourth-order valence-electron chi connectivity index (χ4n) is 3.20. The van der Waals surface area contributed by atoms with Gasteiger partial charge in [-0.25, -0.2) is 0 Å². The van der Waals surface area contributed by atoms with Crippen LogP contribution in [0.25, 0.3) is 0 Å². The maximum Gasteiger partial charge on any atom is 0.114 e. The topological polar surface area (TPSA) is 66.9 Å². The molecule has 0 saturated heterocycles. The van der Waals surface area contributed by atoms with E-state index < -0.39 is 0 Å². The van der Waals surface area contributed by atoms with Gasteiger partial charge in [-0.15, -0.1) is 0 Å². The van der Waals surface area contributed by atoms with E-state index in [4.69, 9.17) is 10.7 Å². The third-order valence-electron chi connectivity index (χ3n) is 4.86. The van der Waals surface area contributed by atoms with Crippen molar-refractivity contribution < 1.29 is 0 Å². The van der Waals surface area contributed by atoms with E-state index in [0.717, 1.165) is 6.54 Å². The number of aromatic nitrogens is 1. The average Bonchev–Trinajstić information content (AvgIpc) is 3.00. The first kappa shape index (κ1) is 19.4. The first-order valence-electron chi connectivity index (χ1n) is 9.19. The van der Waals surface area contributed by atoms with Crippen LogP contribution in [0.1, 0.15) is 26.3 Å². The van der Waals surface area contributed by atoms with Gasteiger partial charge in [0.15, 0.2) is 0 Å². The van der Waals surface area contributed by atoms with Crippen molar-refractivity contribution in [1.82, 2.24) is 9.88 Å². The van der Waals surface area contributed by atoms with E-state index in [9.17, 15) is 0 Å². The minimum absolute atomic E-state index is 0.135. The smallest absolute Gasteiger partial charge is 0.114 e. The Balaban J connectivity index is 1.93. The molecule has 0 aliphatic carbocycles. The van der Waals surface area contributed by atoms with Gasteiger partial charge in [0, 0.05) is 23.8 Å². The zero-order valence-electron chi connectivity index (χ0n) is 16.1. The summed E-state index contributed by atoms with van der Waals surface area (Å²) in [6.07, 6.45) is 5.65. The third-order valence-corrected chi connectivity index (χ3v) is 6.31. The molecule has 0 radical (unpaired) electrons. The molecular formula is C21H27N5S. The molecule has 1 aliphatic heterocycles. The Hall–Kier alpha value is -2.34. The van der Waals surface area contributed by atoms with E-state index in [1.165, 1.54) is 10.5 Å². The Kier molecular flexibility index (Phi) is 6.16. The molecule has 0 fully saturated rings. The summed E-state index contributed by atoms with van der Waals surface area (Å²) in [4.78, 5) is 17.2. The van der Waals surface area contributed by atoms with E-state index in [1.807, 2.05) is 43.5 Å². The minimum atomic E-state index is -0.325. The number of nitrogens with two attached hydrogens (primary N) is 1. The van der Waals surface area contributed by atoms with Crippen molar-refractivity contribution in [3.8, 4) is 0 Å². The van der Waals surface area contributed by atoms with Crippen molar-refractivity contribution in [3.05, 3.63) is 60.4 Å². The van der Waals surface area contributed by atoms with Crippen molar-refractivity contribution in [3.63, 3.8) is 0 Å².